The summed E-state index contributed by atoms with van der Waals surface area (Å²) in [6.45, 7) is 14.5. The molecule has 6 heteroatoms. The van der Waals surface area contributed by atoms with Gasteiger partial charge in [0, 0.05) is 45.8 Å². The first-order valence-electron chi connectivity index (χ1n) is 34.8. The van der Waals surface area contributed by atoms with Crippen molar-refractivity contribution in [3.8, 4) is 56.0 Å². The average Bonchev–Trinajstić information content (AvgIpc) is 0.747. The molecule has 0 saturated heterocycles. The number of phenols is 2. The molecule has 2 atom stereocenters. The number of fused-ring (bicyclic) bond motifs is 4. The smallest absolute Gasteiger partial charge is 0.153 e. The molecule has 14 aromatic rings. The molecule has 2 N–H and O–H groups in total. The average molecular weight is 1300 g/mol. The van der Waals surface area contributed by atoms with Gasteiger partial charge in [-0.25, -0.2) is 0 Å². The Balaban J connectivity index is 0.803. The van der Waals surface area contributed by atoms with Crippen LogP contribution in [0.25, 0.3) is 87.6 Å². The van der Waals surface area contributed by atoms with Crippen LogP contribution >= 0.6 is 0 Å². The van der Waals surface area contributed by atoms with Crippen molar-refractivity contribution >= 4 is 103 Å². The Morgan fingerprint density at radius 3 is 0.898 bits per heavy atom. The lowest BCUT2D eigenvalue weighted by atomic mass is 9.86. The van der Waals surface area contributed by atoms with Crippen LogP contribution in [0.5, 0.6) is 11.5 Å². The van der Waals surface area contributed by atoms with Gasteiger partial charge in [-0.05, 0) is 132 Å². The van der Waals surface area contributed by atoms with E-state index in [0.717, 1.165) is 113 Å². The van der Waals surface area contributed by atoms with E-state index in [1.807, 2.05) is 12.4 Å². The maximum absolute atomic E-state index is 13.1. The van der Waals surface area contributed by atoms with Crippen molar-refractivity contribution in [2.45, 2.75) is 89.4 Å². The van der Waals surface area contributed by atoms with E-state index in [-0.39, 0.29) is 33.7 Å². The number of phenolic OH excluding ortho intramolecular Hbond substituents is 2. The molecule has 1 saturated carbocycles. The highest BCUT2D eigenvalue weighted by Crippen LogP contribution is 2.49. The van der Waals surface area contributed by atoms with Gasteiger partial charge in [-0.15, -0.1) is 0 Å². The Hall–Kier alpha value is -10.5. The molecular weight excluding hydrogens is 1220 g/mol. The minimum Gasteiger partial charge on any atom is -0.507 e. The third-order valence-corrected chi connectivity index (χ3v) is 33.0. The highest BCUT2D eigenvalue weighted by Gasteiger charge is 2.50. The molecule has 14 aromatic carbocycles. The van der Waals surface area contributed by atoms with Gasteiger partial charge in [0.05, 0.1) is 12.1 Å². The van der Waals surface area contributed by atoms with Crippen LogP contribution in [0.1, 0.15) is 78.4 Å². The molecule has 0 spiro atoms. The zero-order valence-corrected chi connectivity index (χ0v) is 58.8. The predicted octanol–water partition coefficient (Wildman–Crippen LogP) is 19.8. The highest BCUT2D eigenvalue weighted by atomic mass is 28.3. The van der Waals surface area contributed by atoms with Crippen molar-refractivity contribution < 1.29 is 10.2 Å². The molecule has 1 aliphatic rings. The molecule has 0 unspecified atom stereocenters. The standard InChI is InChI=1S/C92H82N2O2Si2/c1-91(2,3)97(71-33-11-7-12-34-71,72-35-13-8-14-36-72)75-53-47-65(48-54-75)81-57-51-63-29-19-23-41-77(63)85(81)87-79-43-25-21-31-67(79)59-69(89(87)95)61-93-83-45-27-28-46-84(83)94-62-70-60-68-32-22-26-44-80(68)88(90(70)96)86-78-42-24-20-30-64(78)52-58-82(86)66-49-55-76(56-50-66)98(92(4,5)6,73-37-15-9-16-38-73)74-39-17-10-18-40-74/h7-26,29-44,47-62,83-84,95-96H,27-28,45-46H2,1-6H3/t83-,84-/m0/s1. The maximum Gasteiger partial charge on any atom is 0.153 e. The first kappa shape index (κ1) is 63.5. The van der Waals surface area contributed by atoms with Crippen LogP contribution in [0.3, 0.4) is 0 Å². The molecule has 0 amide bonds. The Bertz CT molecular complexity index is 4890. The number of benzene rings is 14. The number of aromatic hydroxyl groups is 2. The summed E-state index contributed by atoms with van der Waals surface area (Å²) in [5.41, 5.74) is 9.12. The lowest BCUT2D eigenvalue weighted by molar-refractivity contribution is 0.390. The van der Waals surface area contributed by atoms with Gasteiger partial charge < -0.3 is 10.2 Å². The van der Waals surface area contributed by atoms with Gasteiger partial charge in [0.25, 0.3) is 0 Å². The summed E-state index contributed by atoms with van der Waals surface area (Å²) >= 11 is 0. The summed E-state index contributed by atoms with van der Waals surface area (Å²) < 4.78 is 0. The molecule has 1 fully saturated rings. The fourth-order valence-electron chi connectivity index (χ4n) is 16.9. The predicted molar refractivity (Wildman–Crippen MR) is 424 cm³/mol. The van der Waals surface area contributed by atoms with E-state index in [0.29, 0.717) is 11.1 Å². The summed E-state index contributed by atoms with van der Waals surface area (Å²) in [5, 5.41) is 42.7. The lowest BCUT2D eigenvalue weighted by Crippen LogP contribution is -2.72. The van der Waals surface area contributed by atoms with Crippen LogP contribution in [0.15, 0.2) is 313 Å². The van der Waals surface area contributed by atoms with Gasteiger partial charge in [0.1, 0.15) is 11.5 Å². The highest BCUT2D eigenvalue weighted by molar-refractivity contribution is 7.14. The minimum absolute atomic E-state index is 0.0679. The van der Waals surface area contributed by atoms with Crippen LogP contribution in [0, 0.1) is 0 Å². The third kappa shape index (κ3) is 11.1. The Labute approximate surface area is 579 Å². The van der Waals surface area contributed by atoms with Crippen LogP contribution < -0.4 is 31.1 Å². The van der Waals surface area contributed by atoms with Crippen molar-refractivity contribution in [1.29, 1.82) is 0 Å². The molecule has 0 heterocycles. The largest absolute Gasteiger partial charge is 0.507 e. The number of rotatable bonds is 14. The van der Waals surface area contributed by atoms with Gasteiger partial charge in [-0.1, -0.05) is 346 Å². The van der Waals surface area contributed by atoms with Gasteiger partial charge in [0.2, 0.25) is 0 Å². The number of aliphatic imine (C=N–C) groups is 2. The summed E-state index contributed by atoms with van der Waals surface area (Å²) in [6, 6.07) is 110. The summed E-state index contributed by atoms with van der Waals surface area (Å²) in [4.78, 5) is 10.9. The number of nitrogens with zero attached hydrogens (tertiary/aromatic N) is 2. The number of hydrogen-bond acceptors (Lipinski definition) is 4. The van der Waals surface area contributed by atoms with Crippen molar-refractivity contribution in [2.24, 2.45) is 9.98 Å². The first-order valence-corrected chi connectivity index (χ1v) is 38.8. The van der Waals surface area contributed by atoms with Gasteiger partial charge in [-0.2, -0.15) is 0 Å². The van der Waals surface area contributed by atoms with Crippen LogP contribution in [0.2, 0.25) is 10.1 Å². The molecule has 0 bridgehead atoms. The maximum atomic E-state index is 13.1. The molecule has 4 nitrogen and oxygen atoms in total. The van der Waals surface area contributed by atoms with Crippen molar-refractivity contribution in [2.75, 3.05) is 0 Å². The summed E-state index contributed by atoms with van der Waals surface area (Å²) in [7, 11) is -5.24. The Morgan fingerprint density at radius 1 is 0.306 bits per heavy atom. The zero-order valence-electron chi connectivity index (χ0n) is 56.8. The SMILES string of the molecule is CC(C)(C)[Si](c1ccccc1)(c1ccccc1)c1ccc(-c2ccc3ccccc3c2-c2c(O)c(C=N[C@H]3CCCC[C@@H]3N=Cc3cc4ccccc4c(-c4c(-c5ccc([Si](c6ccccc6)(c6ccccc6)C(C)(C)C)cc5)ccc5ccccc45)c3O)cc3ccccc23)cc1. The summed E-state index contributed by atoms with van der Waals surface area (Å²) in [6.07, 6.45) is 7.54. The minimum atomic E-state index is -2.62. The van der Waals surface area contributed by atoms with Crippen molar-refractivity contribution in [1.82, 2.24) is 0 Å². The molecule has 480 valence electrons. The third-order valence-electron chi connectivity index (χ3n) is 21.3. The van der Waals surface area contributed by atoms with E-state index in [1.54, 1.807) is 0 Å². The van der Waals surface area contributed by atoms with Gasteiger partial charge in [-0.3, -0.25) is 9.98 Å². The van der Waals surface area contributed by atoms with E-state index in [4.69, 9.17) is 9.98 Å². The topological polar surface area (TPSA) is 65.2 Å². The molecule has 0 aromatic heterocycles. The Morgan fingerprint density at radius 2 is 0.582 bits per heavy atom. The normalized spacial score (nSPS) is 14.9. The van der Waals surface area contributed by atoms with Crippen molar-refractivity contribution in [3.63, 3.8) is 0 Å². The van der Waals surface area contributed by atoms with E-state index >= 15 is 0 Å². The molecule has 98 heavy (non-hydrogen) atoms. The molecule has 0 radical (unpaired) electrons. The monoisotopic (exact) mass is 1300 g/mol. The van der Waals surface area contributed by atoms with Crippen molar-refractivity contribution in [3.05, 3.63) is 314 Å². The Kier molecular flexibility index (Phi) is 17.0. The second-order valence-electron chi connectivity index (χ2n) is 28.8. The van der Waals surface area contributed by atoms with Crippen LogP contribution in [-0.4, -0.2) is 50.9 Å². The van der Waals surface area contributed by atoms with Gasteiger partial charge >= 0.3 is 0 Å². The van der Waals surface area contributed by atoms with E-state index in [2.05, 4.69) is 345 Å². The fourth-order valence-corrected chi connectivity index (χ4v) is 28.2. The molecule has 15 rings (SSSR count). The van der Waals surface area contributed by atoms with E-state index in [1.165, 1.54) is 31.1 Å². The second-order valence-corrected chi connectivity index (χ2v) is 38.3. The van der Waals surface area contributed by atoms with Crippen LogP contribution in [-0.2, 0) is 0 Å². The zero-order chi connectivity index (χ0) is 67.2. The summed E-state index contributed by atoms with van der Waals surface area (Å²) in [5.74, 6) is 0.392. The van der Waals surface area contributed by atoms with E-state index in [9.17, 15) is 10.2 Å². The lowest BCUT2D eigenvalue weighted by Gasteiger charge is -2.44. The molecule has 0 aliphatic heterocycles. The molecule has 1 aliphatic carbocycles. The first-order chi connectivity index (χ1) is 47.7. The number of hydrogen-bond donors (Lipinski definition) is 2. The second kappa shape index (κ2) is 26.1. The molecular formula is C92H82N2O2Si2. The van der Waals surface area contributed by atoms with E-state index < -0.39 is 16.1 Å². The van der Waals surface area contributed by atoms with Crippen LogP contribution in [0.4, 0.5) is 0 Å². The fraction of sp³-hybridized carbons (Fsp3) is 0.152. The quantitative estimate of drug-likeness (QED) is 0.0647. The van der Waals surface area contributed by atoms with Gasteiger partial charge in [0.15, 0.2) is 16.1 Å².